The summed E-state index contributed by atoms with van der Waals surface area (Å²) in [7, 11) is 1.65. The largest absolute Gasteiger partial charge is 0.493 e. The molecule has 0 spiro atoms. The molecule has 1 N–H and O–H groups in total. The molecule has 1 fully saturated rings. The fourth-order valence-corrected chi connectivity index (χ4v) is 2.93. The number of furan rings is 1. The maximum absolute atomic E-state index is 5.79. The molecule has 0 bridgehead atoms. The van der Waals surface area contributed by atoms with Crippen molar-refractivity contribution in [2.24, 2.45) is 0 Å². The monoisotopic (exact) mass is 311 g/mol. The number of hydrogen-bond acceptors (Lipinski definition) is 4. The molecule has 1 aliphatic rings. The molecule has 1 aromatic carbocycles. The number of benzene rings is 1. The van der Waals surface area contributed by atoms with Crippen molar-refractivity contribution in [3.8, 4) is 5.75 Å². The first-order valence-corrected chi connectivity index (χ1v) is 6.66. The van der Waals surface area contributed by atoms with Crippen LogP contribution in [-0.4, -0.2) is 26.8 Å². The number of nitrogens with one attached hydrogen (secondary N) is 1. The smallest absolute Gasteiger partial charge is 0.176 e. The van der Waals surface area contributed by atoms with E-state index < -0.39 is 0 Å². The van der Waals surface area contributed by atoms with Gasteiger partial charge in [-0.2, -0.15) is 0 Å². The number of hydrogen-bond donors (Lipinski definition) is 1. The molecule has 0 aliphatic carbocycles. The van der Waals surface area contributed by atoms with Crippen LogP contribution >= 0.6 is 15.9 Å². The molecule has 2 heterocycles. The summed E-state index contributed by atoms with van der Waals surface area (Å²) in [5.41, 5.74) is 1.85. The first-order chi connectivity index (χ1) is 8.81. The van der Waals surface area contributed by atoms with E-state index in [4.69, 9.17) is 13.9 Å². The van der Waals surface area contributed by atoms with Crippen molar-refractivity contribution in [1.29, 1.82) is 0 Å². The highest BCUT2D eigenvalue weighted by Gasteiger charge is 2.22. The van der Waals surface area contributed by atoms with Crippen molar-refractivity contribution in [2.45, 2.75) is 6.10 Å². The number of morpholine rings is 1. The minimum absolute atomic E-state index is 0.0429. The first kappa shape index (κ1) is 12.0. The summed E-state index contributed by atoms with van der Waals surface area (Å²) in [6.45, 7) is 2.44. The third-order valence-electron chi connectivity index (χ3n) is 3.16. The predicted octanol–water partition coefficient (Wildman–Crippen LogP) is 2.86. The molecular weight excluding hydrogens is 298 g/mol. The zero-order valence-electron chi connectivity index (χ0n) is 10.0. The van der Waals surface area contributed by atoms with Crippen molar-refractivity contribution >= 4 is 26.9 Å². The Kier molecular flexibility index (Phi) is 3.28. The van der Waals surface area contributed by atoms with Gasteiger partial charge < -0.3 is 19.2 Å². The van der Waals surface area contributed by atoms with Crippen LogP contribution in [0.3, 0.4) is 0 Å². The van der Waals surface area contributed by atoms with E-state index in [1.807, 2.05) is 12.1 Å². The van der Waals surface area contributed by atoms with Crippen molar-refractivity contribution in [1.82, 2.24) is 5.32 Å². The fourth-order valence-electron chi connectivity index (χ4n) is 2.25. The third-order valence-corrected chi connectivity index (χ3v) is 4.04. The molecule has 5 heteroatoms. The van der Waals surface area contributed by atoms with Gasteiger partial charge in [0.2, 0.25) is 0 Å². The fraction of sp³-hybridized carbons (Fsp3) is 0.385. The van der Waals surface area contributed by atoms with E-state index in [1.54, 1.807) is 13.4 Å². The second-order valence-corrected chi connectivity index (χ2v) is 5.00. The summed E-state index contributed by atoms with van der Waals surface area (Å²) in [6.07, 6.45) is 1.71. The van der Waals surface area contributed by atoms with Crippen LogP contribution in [0.2, 0.25) is 0 Å². The van der Waals surface area contributed by atoms with Crippen LogP contribution in [0.25, 0.3) is 11.0 Å². The molecule has 1 aromatic heterocycles. The van der Waals surface area contributed by atoms with Crippen LogP contribution in [0.1, 0.15) is 11.7 Å². The van der Waals surface area contributed by atoms with Gasteiger partial charge in [0, 0.05) is 28.5 Å². The van der Waals surface area contributed by atoms with Crippen molar-refractivity contribution in [3.05, 3.63) is 28.4 Å². The lowest BCUT2D eigenvalue weighted by Gasteiger charge is -2.25. The lowest BCUT2D eigenvalue weighted by atomic mass is 10.1. The van der Waals surface area contributed by atoms with Crippen LogP contribution in [0.15, 0.2) is 27.3 Å². The summed E-state index contributed by atoms with van der Waals surface area (Å²) in [6, 6.07) is 3.91. The molecule has 1 atom stereocenters. The van der Waals surface area contributed by atoms with Gasteiger partial charge in [-0.3, -0.25) is 0 Å². The summed E-state index contributed by atoms with van der Waals surface area (Å²) < 4.78 is 17.6. The Labute approximate surface area is 113 Å². The number of halogens is 1. The van der Waals surface area contributed by atoms with Gasteiger partial charge in [-0.15, -0.1) is 0 Å². The molecule has 1 saturated heterocycles. The van der Waals surface area contributed by atoms with Gasteiger partial charge in [0.1, 0.15) is 0 Å². The SMILES string of the molecule is COc1cc(C2CNCCO2)c(Br)c2ccoc12. The second kappa shape index (κ2) is 4.91. The predicted molar refractivity (Wildman–Crippen MR) is 72.0 cm³/mol. The number of ether oxygens (including phenoxy) is 2. The maximum atomic E-state index is 5.79. The summed E-state index contributed by atoms with van der Waals surface area (Å²) in [4.78, 5) is 0. The van der Waals surface area contributed by atoms with Gasteiger partial charge in [0.25, 0.3) is 0 Å². The van der Waals surface area contributed by atoms with Gasteiger partial charge in [-0.25, -0.2) is 0 Å². The van der Waals surface area contributed by atoms with Gasteiger partial charge >= 0.3 is 0 Å². The number of rotatable bonds is 2. The molecular formula is C13H14BrNO3. The van der Waals surface area contributed by atoms with E-state index in [0.29, 0.717) is 0 Å². The Bertz CT molecular complexity index is 561. The number of methoxy groups -OCH3 is 1. The van der Waals surface area contributed by atoms with Crippen molar-refractivity contribution in [3.63, 3.8) is 0 Å². The molecule has 1 unspecified atom stereocenters. The summed E-state index contributed by atoms with van der Waals surface area (Å²) in [5.74, 6) is 0.738. The van der Waals surface area contributed by atoms with E-state index >= 15 is 0 Å². The Hall–Kier alpha value is -1.04. The normalized spacial score (nSPS) is 20.2. The van der Waals surface area contributed by atoms with E-state index in [9.17, 15) is 0 Å². The van der Waals surface area contributed by atoms with Crippen molar-refractivity contribution < 1.29 is 13.9 Å². The van der Waals surface area contributed by atoms with Gasteiger partial charge in [0.15, 0.2) is 11.3 Å². The molecule has 2 aromatic rings. The topological polar surface area (TPSA) is 43.6 Å². The summed E-state index contributed by atoms with van der Waals surface area (Å²) >= 11 is 3.64. The molecule has 96 valence electrons. The van der Waals surface area contributed by atoms with E-state index in [2.05, 4.69) is 21.2 Å². The van der Waals surface area contributed by atoms with E-state index in [1.165, 1.54) is 0 Å². The Balaban J connectivity index is 2.12. The van der Waals surface area contributed by atoms with Gasteiger partial charge in [-0.05, 0) is 28.1 Å². The lowest BCUT2D eigenvalue weighted by Crippen LogP contribution is -2.33. The van der Waals surface area contributed by atoms with Crippen LogP contribution in [0.4, 0.5) is 0 Å². The second-order valence-electron chi connectivity index (χ2n) is 4.21. The van der Waals surface area contributed by atoms with Crippen molar-refractivity contribution in [2.75, 3.05) is 26.8 Å². The highest BCUT2D eigenvalue weighted by atomic mass is 79.9. The minimum atomic E-state index is 0.0429. The standard InChI is InChI=1S/C13H14BrNO3/c1-16-10-6-9(11-7-15-3-5-17-11)12(14)8-2-4-18-13(8)10/h2,4,6,11,15H,3,5,7H2,1H3. The highest BCUT2D eigenvalue weighted by molar-refractivity contribution is 9.10. The number of fused-ring (bicyclic) bond motifs is 1. The van der Waals surface area contributed by atoms with Crippen LogP contribution < -0.4 is 10.1 Å². The minimum Gasteiger partial charge on any atom is -0.493 e. The Morgan fingerprint density at radius 1 is 1.50 bits per heavy atom. The van der Waals surface area contributed by atoms with Crippen LogP contribution in [0.5, 0.6) is 5.75 Å². The average molecular weight is 312 g/mol. The molecule has 0 saturated carbocycles. The zero-order chi connectivity index (χ0) is 12.5. The molecule has 0 radical (unpaired) electrons. The Morgan fingerprint density at radius 3 is 3.11 bits per heavy atom. The van der Waals surface area contributed by atoms with Gasteiger partial charge in [0.05, 0.1) is 26.1 Å². The molecule has 1 aliphatic heterocycles. The van der Waals surface area contributed by atoms with Crippen LogP contribution in [-0.2, 0) is 4.74 Å². The highest BCUT2D eigenvalue weighted by Crippen LogP contribution is 2.39. The van der Waals surface area contributed by atoms with Crippen LogP contribution in [0, 0.1) is 0 Å². The zero-order valence-corrected chi connectivity index (χ0v) is 11.6. The average Bonchev–Trinajstić information content (AvgIpc) is 2.90. The van der Waals surface area contributed by atoms with E-state index in [-0.39, 0.29) is 6.10 Å². The maximum Gasteiger partial charge on any atom is 0.176 e. The first-order valence-electron chi connectivity index (χ1n) is 5.87. The third kappa shape index (κ3) is 1.92. The molecule has 3 rings (SSSR count). The van der Waals surface area contributed by atoms with Gasteiger partial charge in [-0.1, -0.05) is 0 Å². The molecule has 0 amide bonds. The molecule has 18 heavy (non-hydrogen) atoms. The van der Waals surface area contributed by atoms with E-state index in [0.717, 1.165) is 46.5 Å². The quantitative estimate of drug-likeness (QED) is 0.926. The summed E-state index contributed by atoms with van der Waals surface area (Å²) in [5, 5.41) is 4.34. The lowest BCUT2D eigenvalue weighted by molar-refractivity contribution is 0.0272. The molecule has 4 nitrogen and oxygen atoms in total. The Morgan fingerprint density at radius 2 is 2.39 bits per heavy atom.